The van der Waals surface area contributed by atoms with Gasteiger partial charge in [0, 0.05) is 7.05 Å². The summed E-state index contributed by atoms with van der Waals surface area (Å²) >= 11 is 0. The highest BCUT2D eigenvalue weighted by Gasteiger charge is 2.42. The Morgan fingerprint density at radius 1 is 1.70 bits per heavy atom. The largest absolute Gasteiger partial charge is 0.359 e. The summed E-state index contributed by atoms with van der Waals surface area (Å²) in [6.07, 6.45) is -0.213. The maximum Gasteiger partial charge on any atom is 0.277 e. The van der Waals surface area contributed by atoms with E-state index in [0.717, 1.165) is 0 Å². The highest BCUT2D eigenvalue weighted by Crippen LogP contribution is 2.22. The minimum Gasteiger partial charge on any atom is -0.359 e. The van der Waals surface area contributed by atoms with E-state index in [1.54, 1.807) is 7.05 Å². The minimum atomic E-state index is -0.273. The molecule has 0 bridgehead atoms. The van der Waals surface area contributed by atoms with Crippen LogP contribution >= 0.6 is 0 Å². The van der Waals surface area contributed by atoms with Crippen LogP contribution in [0.1, 0.15) is 6.92 Å². The maximum atomic E-state index is 11.0. The molecule has 0 saturated carbocycles. The second-order valence-electron chi connectivity index (χ2n) is 2.28. The molecular weight excluding hydrogens is 134 g/mol. The summed E-state index contributed by atoms with van der Waals surface area (Å²) in [6, 6.07) is 0. The number of ether oxygens (including phenoxy) is 1. The molecule has 4 heteroatoms. The van der Waals surface area contributed by atoms with E-state index >= 15 is 0 Å². The van der Waals surface area contributed by atoms with Crippen LogP contribution in [-0.4, -0.2) is 37.3 Å². The summed E-state index contributed by atoms with van der Waals surface area (Å²) in [5.74, 6) is -0.116. The molecule has 0 N–H and O–H groups in total. The molecule has 1 amide bonds. The molecule has 0 spiro atoms. The van der Waals surface area contributed by atoms with Crippen molar-refractivity contribution in [2.24, 2.45) is 0 Å². The van der Waals surface area contributed by atoms with Gasteiger partial charge in [0.1, 0.15) is 0 Å². The van der Waals surface area contributed by atoms with E-state index in [9.17, 15) is 4.79 Å². The number of carbonyl (C=O) groups is 1. The first kappa shape index (κ1) is 7.50. The zero-order valence-corrected chi connectivity index (χ0v) is 6.33. The van der Waals surface area contributed by atoms with Crippen molar-refractivity contribution in [1.29, 1.82) is 0 Å². The summed E-state index contributed by atoms with van der Waals surface area (Å²) in [5, 5.41) is 1.17. The van der Waals surface area contributed by atoms with Crippen molar-refractivity contribution < 1.29 is 14.4 Å². The number of hydrogen-bond donors (Lipinski definition) is 0. The Labute approximate surface area is 59.7 Å². The third-order valence-corrected chi connectivity index (χ3v) is 1.54. The first-order chi connectivity index (χ1) is 4.66. The first-order valence-electron chi connectivity index (χ1n) is 3.14. The number of epoxide rings is 1. The average Bonchev–Trinajstić information content (AvgIpc) is 2.63. The summed E-state index contributed by atoms with van der Waals surface area (Å²) in [4.78, 5) is 15.7. The maximum absolute atomic E-state index is 11.0. The van der Waals surface area contributed by atoms with Crippen molar-refractivity contribution >= 4 is 5.91 Å². The Morgan fingerprint density at radius 3 is 2.50 bits per heavy atom. The standard InChI is InChI=1S/C6H11NO3/c1-4-5(10-4)6(8)7(2)9-3/h4-5H,1-3H3/t4-,5-/m1/s1. The van der Waals surface area contributed by atoms with Crippen LogP contribution in [0.15, 0.2) is 0 Å². The van der Waals surface area contributed by atoms with Gasteiger partial charge < -0.3 is 4.74 Å². The quantitative estimate of drug-likeness (QED) is 0.399. The molecule has 1 rings (SSSR count). The summed E-state index contributed by atoms with van der Waals surface area (Å²) in [6.45, 7) is 1.85. The Balaban J connectivity index is 2.35. The fourth-order valence-electron chi connectivity index (χ4n) is 0.714. The van der Waals surface area contributed by atoms with E-state index < -0.39 is 0 Å². The van der Waals surface area contributed by atoms with Crippen molar-refractivity contribution in [1.82, 2.24) is 5.06 Å². The predicted octanol–water partition coefficient (Wildman–Crippen LogP) is -0.207. The predicted molar refractivity (Wildman–Crippen MR) is 34.1 cm³/mol. The first-order valence-corrected chi connectivity index (χ1v) is 3.14. The zero-order valence-electron chi connectivity index (χ0n) is 6.33. The lowest BCUT2D eigenvalue weighted by Crippen LogP contribution is -2.30. The Kier molecular flexibility index (Phi) is 1.92. The second kappa shape index (κ2) is 2.56. The normalized spacial score (nSPS) is 29.9. The molecule has 0 unspecified atom stereocenters. The van der Waals surface area contributed by atoms with Gasteiger partial charge in [-0.3, -0.25) is 9.63 Å². The second-order valence-corrected chi connectivity index (χ2v) is 2.28. The van der Waals surface area contributed by atoms with Crippen LogP contribution in [-0.2, 0) is 14.4 Å². The highest BCUT2D eigenvalue weighted by molar-refractivity contribution is 5.82. The molecule has 1 aliphatic rings. The molecule has 1 saturated heterocycles. The Bertz CT molecular complexity index is 142. The van der Waals surface area contributed by atoms with Crippen LogP contribution in [0.25, 0.3) is 0 Å². The minimum absolute atomic E-state index is 0.0603. The fraction of sp³-hybridized carbons (Fsp3) is 0.833. The molecule has 0 aromatic heterocycles. The number of carbonyl (C=O) groups excluding carboxylic acids is 1. The number of nitrogens with zero attached hydrogens (tertiary/aromatic N) is 1. The van der Waals surface area contributed by atoms with Gasteiger partial charge in [-0.15, -0.1) is 0 Å². The number of hydroxylamine groups is 2. The number of likely N-dealkylation sites (N-methyl/N-ethyl adjacent to an activating group) is 1. The summed E-state index contributed by atoms with van der Waals surface area (Å²) in [5.41, 5.74) is 0. The van der Waals surface area contributed by atoms with Crippen molar-refractivity contribution in [3.05, 3.63) is 0 Å². The van der Waals surface area contributed by atoms with Crippen LogP contribution in [0.3, 0.4) is 0 Å². The average molecular weight is 145 g/mol. The van der Waals surface area contributed by atoms with Crippen molar-refractivity contribution in [2.75, 3.05) is 14.2 Å². The molecule has 2 atom stereocenters. The van der Waals surface area contributed by atoms with Gasteiger partial charge in [-0.25, -0.2) is 5.06 Å². The highest BCUT2D eigenvalue weighted by atomic mass is 16.7. The van der Waals surface area contributed by atoms with Crippen LogP contribution in [0.2, 0.25) is 0 Å². The SMILES string of the molecule is CON(C)C(=O)[C@@H]1O[C@@H]1C. The molecule has 0 aromatic carbocycles. The van der Waals surface area contributed by atoms with Crippen molar-refractivity contribution in [3.8, 4) is 0 Å². The number of rotatable bonds is 2. The van der Waals surface area contributed by atoms with Crippen LogP contribution in [0.5, 0.6) is 0 Å². The lowest BCUT2D eigenvalue weighted by molar-refractivity contribution is -0.169. The van der Waals surface area contributed by atoms with E-state index in [1.807, 2.05) is 6.92 Å². The van der Waals surface area contributed by atoms with Crippen LogP contribution in [0, 0.1) is 0 Å². The third-order valence-electron chi connectivity index (χ3n) is 1.54. The molecule has 0 aliphatic carbocycles. The smallest absolute Gasteiger partial charge is 0.277 e. The molecule has 0 aromatic rings. The van der Waals surface area contributed by atoms with Gasteiger partial charge in [0.25, 0.3) is 5.91 Å². The van der Waals surface area contributed by atoms with Crippen LogP contribution in [0.4, 0.5) is 0 Å². The van der Waals surface area contributed by atoms with E-state index in [4.69, 9.17) is 4.74 Å². The van der Waals surface area contributed by atoms with E-state index in [2.05, 4.69) is 4.84 Å². The van der Waals surface area contributed by atoms with E-state index in [0.29, 0.717) is 0 Å². The van der Waals surface area contributed by atoms with Gasteiger partial charge >= 0.3 is 0 Å². The summed E-state index contributed by atoms with van der Waals surface area (Å²) in [7, 11) is 3.02. The monoisotopic (exact) mass is 145 g/mol. The lowest BCUT2D eigenvalue weighted by atomic mass is 10.3. The molecule has 10 heavy (non-hydrogen) atoms. The Hall–Kier alpha value is -0.610. The van der Waals surface area contributed by atoms with Gasteiger partial charge in [-0.05, 0) is 6.92 Å². The van der Waals surface area contributed by atoms with Crippen molar-refractivity contribution in [2.45, 2.75) is 19.1 Å². The topological polar surface area (TPSA) is 42.1 Å². The lowest BCUT2D eigenvalue weighted by Gasteiger charge is -2.10. The molecular formula is C6H11NO3. The molecule has 4 nitrogen and oxygen atoms in total. The molecule has 0 radical (unpaired) electrons. The van der Waals surface area contributed by atoms with E-state index in [-0.39, 0.29) is 18.1 Å². The van der Waals surface area contributed by atoms with Gasteiger partial charge in [0.2, 0.25) is 0 Å². The number of hydrogen-bond acceptors (Lipinski definition) is 3. The van der Waals surface area contributed by atoms with Crippen molar-refractivity contribution in [3.63, 3.8) is 0 Å². The third kappa shape index (κ3) is 1.27. The zero-order chi connectivity index (χ0) is 7.72. The Morgan fingerprint density at radius 2 is 2.20 bits per heavy atom. The fourth-order valence-corrected chi connectivity index (χ4v) is 0.714. The van der Waals surface area contributed by atoms with Crippen LogP contribution < -0.4 is 0 Å². The molecule has 1 heterocycles. The van der Waals surface area contributed by atoms with E-state index in [1.165, 1.54) is 12.2 Å². The van der Waals surface area contributed by atoms with Gasteiger partial charge in [-0.2, -0.15) is 0 Å². The molecule has 1 fully saturated rings. The summed E-state index contributed by atoms with van der Waals surface area (Å²) < 4.78 is 4.93. The molecule has 58 valence electrons. The molecule has 1 aliphatic heterocycles. The number of amides is 1. The van der Waals surface area contributed by atoms with Gasteiger partial charge in [-0.1, -0.05) is 0 Å². The van der Waals surface area contributed by atoms with Gasteiger partial charge in [0.05, 0.1) is 13.2 Å². The van der Waals surface area contributed by atoms with Gasteiger partial charge in [0.15, 0.2) is 6.10 Å².